The Kier molecular flexibility index (Phi) is 5.02. The molecule has 2 N–H and O–H groups in total. The number of hydrogen-bond donors (Lipinski definition) is 2. The first-order chi connectivity index (χ1) is 8.23. The Labute approximate surface area is 111 Å². The van der Waals surface area contributed by atoms with Gasteiger partial charge < -0.3 is 15.3 Å². The van der Waals surface area contributed by atoms with Crippen LogP contribution in [0.5, 0.6) is 0 Å². The van der Waals surface area contributed by atoms with E-state index in [0.29, 0.717) is 25.0 Å². The van der Waals surface area contributed by atoms with Crippen molar-refractivity contribution in [2.24, 2.45) is 5.41 Å². The van der Waals surface area contributed by atoms with Gasteiger partial charge in [0.2, 0.25) is 0 Å². The first-order valence-corrected chi connectivity index (χ1v) is 6.97. The fraction of sp³-hybridized carbons (Fsp3) is 0.929. The van der Waals surface area contributed by atoms with Crippen molar-refractivity contribution in [2.75, 3.05) is 6.54 Å². The van der Waals surface area contributed by atoms with Crippen LogP contribution in [0.15, 0.2) is 0 Å². The topological polar surface area (TPSA) is 52.6 Å². The SMILES string of the molecule is CC(O)CC(C)(C)CNC(=O)N1C(C)CCC1C. The maximum Gasteiger partial charge on any atom is 0.317 e. The molecule has 2 amide bonds. The van der Waals surface area contributed by atoms with Crippen molar-refractivity contribution in [1.82, 2.24) is 10.2 Å². The molecule has 1 heterocycles. The van der Waals surface area contributed by atoms with E-state index >= 15 is 0 Å². The maximum atomic E-state index is 12.2. The average Bonchev–Trinajstić information content (AvgIpc) is 2.53. The van der Waals surface area contributed by atoms with Gasteiger partial charge >= 0.3 is 6.03 Å². The van der Waals surface area contributed by atoms with Gasteiger partial charge in [-0.3, -0.25) is 0 Å². The van der Waals surface area contributed by atoms with Gasteiger partial charge in [-0.05, 0) is 45.4 Å². The van der Waals surface area contributed by atoms with Gasteiger partial charge in [0.05, 0.1) is 6.10 Å². The van der Waals surface area contributed by atoms with Gasteiger partial charge in [-0.2, -0.15) is 0 Å². The van der Waals surface area contributed by atoms with E-state index in [0.717, 1.165) is 12.8 Å². The fourth-order valence-electron chi connectivity index (χ4n) is 2.87. The molecule has 0 spiro atoms. The van der Waals surface area contributed by atoms with Crippen molar-refractivity contribution in [3.8, 4) is 0 Å². The first-order valence-electron chi connectivity index (χ1n) is 6.97. The molecular formula is C14H28N2O2. The second-order valence-electron chi connectivity index (χ2n) is 6.56. The van der Waals surface area contributed by atoms with Crippen LogP contribution in [-0.2, 0) is 0 Å². The normalized spacial score (nSPS) is 26.2. The molecule has 1 fully saturated rings. The zero-order valence-corrected chi connectivity index (χ0v) is 12.4. The second kappa shape index (κ2) is 5.91. The number of likely N-dealkylation sites (tertiary alicyclic amines) is 1. The number of aliphatic hydroxyl groups excluding tert-OH is 1. The number of nitrogens with zero attached hydrogens (tertiary/aromatic N) is 1. The van der Waals surface area contributed by atoms with Crippen LogP contribution >= 0.6 is 0 Å². The summed E-state index contributed by atoms with van der Waals surface area (Å²) in [6, 6.07) is 0.700. The molecule has 1 aliphatic heterocycles. The lowest BCUT2D eigenvalue weighted by Crippen LogP contribution is -2.47. The number of carbonyl (C=O) groups is 1. The summed E-state index contributed by atoms with van der Waals surface area (Å²) in [5, 5.41) is 12.4. The van der Waals surface area contributed by atoms with Crippen molar-refractivity contribution in [3.05, 3.63) is 0 Å². The lowest BCUT2D eigenvalue weighted by atomic mass is 9.87. The summed E-state index contributed by atoms with van der Waals surface area (Å²) in [7, 11) is 0. The number of hydrogen-bond acceptors (Lipinski definition) is 2. The zero-order valence-electron chi connectivity index (χ0n) is 12.4. The lowest BCUT2D eigenvalue weighted by molar-refractivity contribution is 0.125. The van der Waals surface area contributed by atoms with E-state index in [1.807, 2.05) is 4.90 Å². The Bertz CT molecular complexity index is 280. The van der Waals surface area contributed by atoms with Gasteiger partial charge in [0.15, 0.2) is 0 Å². The molecule has 0 saturated carbocycles. The van der Waals surface area contributed by atoms with Crippen LogP contribution in [0.4, 0.5) is 4.79 Å². The number of nitrogens with one attached hydrogen (secondary N) is 1. The minimum absolute atomic E-state index is 0.0335. The molecule has 0 aromatic carbocycles. The van der Waals surface area contributed by atoms with Crippen molar-refractivity contribution >= 4 is 6.03 Å². The molecular weight excluding hydrogens is 228 g/mol. The number of rotatable bonds is 4. The summed E-state index contributed by atoms with van der Waals surface area (Å²) < 4.78 is 0. The maximum absolute atomic E-state index is 12.2. The highest BCUT2D eigenvalue weighted by Crippen LogP contribution is 2.24. The summed E-state index contributed by atoms with van der Waals surface area (Å²) in [5.41, 5.74) is -0.0734. The summed E-state index contributed by atoms with van der Waals surface area (Å²) in [6.07, 6.45) is 2.54. The Hall–Kier alpha value is -0.770. The summed E-state index contributed by atoms with van der Waals surface area (Å²) in [4.78, 5) is 14.1. The third kappa shape index (κ3) is 4.16. The van der Waals surface area contributed by atoms with Gasteiger partial charge in [-0.25, -0.2) is 4.79 Å². The van der Waals surface area contributed by atoms with Crippen LogP contribution in [0.1, 0.15) is 53.9 Å². The summed E-state index contributed by atoms with van der Waals surface area (Å²) >= 11 is 0. The number of aliphatic hydroxyl groups is 1. The molecule has 106 valence electrons. The average molecular weight is 256 g/mol. The predicted octanol–water partition coefficient (Wildman–Crippen LogP) is 2.37. The van der Waals surface area contributed by atoms with Gasteiger partial charge in [-0.1, -0.05) is 13.8 Å². The van der Waals surface area contributed by atoms with Gasteiger partial charge in [0.1, 0.15) is 0 Å². The van der Waals surface area contributed by atoms with Crippen LogP contribution in [0, 0.1) is 5.41 Å². The van der Waals surface area contributed by atoms with E-state index in [9.17, 15) is 9.90 Å². The molecule has 1 rings (SSSR count). The lowest BCUT2D eigenvalue weighted by Gasteiger charge is -2.31. The molecule has 1 aliphatic rings. The van der Waals surface area contributed by atoms with Crippen molar-refractivity contribution in [3.63, 3.8) is 0 Å². The molecule has 4 heteroatoms. The Balaban J connectivity index is 2.45. The zero-order chi connectivity index (χ0) is 13.9. The summed E-state index contributed by atoms with van der Waals surface area (Å²) in [6.45, 7) is 10.7. The third-order valence-electron chi connectivity index (χ3n) is 3.75. The molecule has 0 bridgehead atoms. The highest BCUT2D eigenvalue weighted by atomic mass is 16.3. The molecule has 3 unspecified atom stereocenters. The van der Waals surface area contributed by atoms with Crippen LogP contribution in [0.25, 0.3) is 0 Å². The molecule has 0 radical (unpaired) electrons. The van der Waals surface area contributed by atoms with E-state index in [2.05, 4.69) is 33.0 Å². The second-order valence-corrected chi connectivity index (χ2v) is 6.56. The van der Waals surface area contributed by atoms with Crippen LogP contribution in [0.3, 0.4) is 0 Å². The molecule has 18 heavy (non-hydrogen) atoms. The van der Waals surface area contributed by atoms with E-state index in [-0.39, 0.29) is 17.6 Å². The Morgan fingerprint density at radius 2 is 1.89 bits per heavy atom. The van der Waals surface area contributed by atoms with Crippen LogP contribution in [0.2, 0.25) is 0 Å². The largest absolute Gasteiger partial charge is 0.393 e. The molecule has 0 aromatic rings. The Morgan fingerprint density at radius 1 is 1.39 bits per heavy atom. The van der Waals surface area contributed by atoms with Crippen molar-refractivity contribution < 1.29 is 9.90 Å². The first kappa shape index (κ1) is 15.3. The minimum atomic E-state index is -0.332. The molecule has 4 nitrogen and oxygen atoms in total. The van der Waals surface area contributed by atoms with Crippen LogP contribution < -0.4 is 5.32 Å². The highest BCUT2D eigenvalue weighted by molar-refractivity contribution is 5.75. The van der Waals surface area contributed by atoms with Crippen molar-refractivity contribution in [2.45, 2.75) is 72.1 Å². The summed E-state index contributed by atoms with van der Waals surface area (Å²) in [5.74, 6) is 0. The van der Waals surface area contributed by atoms with Crippen molar-refractivity contribution in [1.29, 1.82) is 0 Å². The van der Waals surface area contributed by atoms with E-state index < -0.39 is 0 Å². The number of amides is 2. The monoisotopic (exact) mass is 256 g/mol. The Morgan fingerprint density at radius 3 is 2.33 bits per heavy atom. The van der Waals surface area contributed by atoms with E-state index in [4.69, 9.17) is 0 Å². The molecule has 0 aromatic heterocycles. The highest BCUT2D eigenvalue weighted by Gasteiger charge is 2.32. The third-order valence-corrected chi connectivity index (χ3v) is 3.75. The van der Waals surface area contributed by atoms with Crippen LogP contribution in [-0.4, -0.2) is 40.8 Å². The van der Waals surface area contributed by atoms with Gasteiger partial charge in [0, 0.05) is 18.6 Å². The smallest absolute Gasteiger partial charge is 0.317 e. The van der Waals surface area contributed by atoms with E-state index in [1.165, 1.54) is 0 Å². The molecule has 1 saturated heterocycles. The number of carbonyl (C=O) groups excluding carboxylic acids is 1. The fourth-order valence-corrected chi connectivity index (χ4v) is 2.87. The van der Waals surface area contributed by atoms with Gasteiger partial charge in [0.25, 0.3) is 0 Å². The van der Waals surface area contributed by atoms with E-state index in [1.54, 1.807) is 6.92 Å². The standard InChI is InChI=1S/C14H28N2O2/c1-10-6-7-11(2)16(10)13(18)15-9-14(4,5)8-12(3)17/h10-12,17H,6-9H2,1-5H3,(H,15,18). The van der Waals surface area contributed by atoms with Gasteiger partial charge in [-0.15, -0.1) is 0 Å². The predicted molar refractivity (Wildman–Crippen MR) is 73.5 cm³/mol. The number of urea groups is 1. The quantitative estimate of drug-likeness (QED) is 0.811. The minimum Gasteiger partial charge on any atom is -0.393 e. The molecule has 3 atom stereocenters. The molecule has 0 aliphatic carbocycles.